The van der Waals surface area contributed by atoms with Crippen LogP contribution in [0.25, 0.3) is 12.3 Å². The molecule has 1 nitrogen and oxygen atoms in total. The molecule has 88 valence electrons. The molecule has 0 saturated heterocycles. The smallest absolute Gasteiger partial charge is 0.177 e. The average Bonchev–Trinajstić information content (AvgIpc) is 2.27. The van der Waals surface area contributed by atoms with E-state index in [1.165, 1.54) is 16.7 Å². The first kappa shape index (κ1) is 13.7. The quantitative estimate of drug-likeness (QED) is 0.697. The van der Waals surface area contributed by atoms with Crippen LogP contribution in [0.2, 0.25) is 0 Å². The van der Waals surface area contributed by atoms with E-state index < -0.39 is 0 Å². The molecule has 0 saturated carbocycles. The fraction of sp³-hybridized carbons (Fsp3) is 0.133. The van der Waals surface area contributed by atoms with Crippen LogP contribution in [-0.4, -0.2) is 0 Å². The molecule has 0 aliphatic heterocycles. The number of halogens is 1. The number of benzene rings is 1. The summed E-state index contributed by atoms with van der Waals surface area (Å²) in [6, 6.07) is 12.5. The molecule has 0 aliphatic carbocycles. The van der Waals surface area contributed by atoms with Crippen molar-refractivity contribution in [3.8, 4) is 0 Å². The summed E-state index contributed by atoms with van der Waals surface area (Å²) in [5, 5.41) is 0. The van der Waals surface area contributed by atoms with E-state index in [-0.39, 0.29) is 17.0 Å². The zero-order chi connectivity index (χ0) is 11.4. The lowest BCUT2D eigenvalue weighted by molar-refractivity contribution is -0.568. The number of nitrogens with zero attached hydrogens (tertiary/aromatic N) is 1. The minimum atomic E-state index is 0. The van der Waals surface area contributed by atoms with Gasteiger partial charge in [0.1, 0.15) is 0 Å². The Balaban J connectivity index is 0.00000144. The maximum atomic E-state index is 2.17. The first-order chi connectivity index (χ1) is 7.74. The van der Waals surface area contributed by atoms with Gasteiger partial charge in [0.25, 0.3) is 0 Å². The van der Waals surface area contributed by atoms with Crippen LogP contribution >= 0.6 is 0 Å². The molecule has 0 aliphatic rings. The topological polar surface area (TPSA) is 3.88 Å². The highest BCUT2D eigenvalue weighted by atomic mass is 79.9. The van der Waals surface area contributed by atoms with Gasteiger partial charge in [0.15, 0.2) is 18.6 Å². The average molecular weight is 290 g/mol. The molecule has 2 heteroatoms. The van der Waals surface area contributed by atoms with Crippen molar-refractivity contribution in [3.63, 3.8) is 0 Å². The molecule has 0 unspecified atom stereocenters. The van der Waals surface area contributed by atoms with Gasteiger partial charge in [-0.05, 0) is 25.5 Å². The highest BCUT2D eigenvalue weighted by Crippen LogP contribution is 2.01. The van der Waals surface area contributed by atoms with Crippen LogP contribution in [0.5, 0.6) is 0 Å². The molecular weight excluding hydrogens is 274 g/mol. The molecule has 0 N–H and O–H groups in total. The second-order valence-electron chi connectivity index (χ2n) is 4.06. The fourth-order valence-corrected chi connectivity index (χ4v) is 1.76. The van der Waals surface area contributed by atoms with Gasteiger partial charge in [-0.25, -0.2) is 0 Å². The third-order valence-electron chi connectivity index (χ3n) is 2.40. The Hall–Kier alpha value is -1.41. The monoisotopic (exact) mass is 289 g/mol. The van der Waals surface area contributed by atoms with Gasteiger partial charge in [-0.1, -0.05) is 30.3 Å². The van der Waals surface area contributed by atoms with Gasteiger partial charge in [0.05, 0.1) is 0 Å². The van der Waals surface area contributed by atoms with Crippen LogP contribution in [0, 0.1) is 13.8 Å². The third-order valence-corrected chi connectivity index (χ3v) is 2.40. The summed E-state index contributed by atoms with van der Waals surface area (Å²) in [5.74, 6) is 0. The first-order valence-corrected chi connectivity index (χ1v) is 5.46. The van der Waals surface area contributed by atoms with Gasteiger partial charge >= 0.3 is 0 Å². The van der Waals surface area contributed by atoms with E-state index in [1.54, 1.807) is 0 Å². The second kappa shape index (κ2) is 6.36. The van der Waals surface area contributed by atoms with Gasteiger partial charge in [0.2, 0.25) is 0 Å². The van der Waals surface area contributed by atoms with Gasteiger partial charge in [-0.3, -0.25) is 0 Å². The molecule has 17 heavy (non-hydrogen) atoms. The van der Waals surface area contributed by atoms with Crippen LogP contribution in [0.4, 0.5) is 0 Å². The first-order valence-electron chi connectivity index (χ1n) is 5.46. The minimum Gasteiger partial charge on any atom is -1.00 e. The number of aryl methyl sites for hydroxylation is 2. The summed E-state index contributed by atoms with van der Waals surface area (Å²) < 4.78 is 2.09. The third kappa shape index (κ3) is 4.16. The largest absolute Gasteiger partial charge is 1.00 e. The zero-order valence-electron chi connectivity index (χ0n) is 10.1. The van der Waals surface area contributed by atoms with Crippen LogP contribution < -0.4 is 21.5 Å². The van der Waals surface area contributed by atoms with Crippen molar-refractivity contribution >= 4 is 12.3 Å². The Morgan fingerprint density at radius 1 is 0.941 bits per heavy atom. The van der Waals surface area contributed by atoms with E-state index in [9.17, 15) is 0 Å². The van der Waals surface area contributed by atoms with Gasteiger partial charge < -0.3 is 17.0 Å². The molecule has 0 amide bonds. The predicted octanol–water partition coefficient (Wildman–Crippen LogP) is 0.223. The zero-order valence-corrected chi connectivity index (χ0v) is 11.7. The number of hydrogen-bond donors (Lipinski definition) is 0. The van der Waals surface area contributed by atoms with E-state index in [0.29, 0.717) is 0 Å². The minimum absolute atomic E-state index is 0. The Morgan fingerprint density at radius 3 is 2.12 bits per heavy atom. The number of rotatable bonds is 2. The molecule has 1 heterocycles. The molecular formula is C15H16BrN. The Labute approximate surface area is 113 Å². The number of pyridine rings is 1. The summed E-state index contributed by atoms with van der Waals surface area (Å²) in [6.45, 7) is 4.22. The molecule has 0 bridgehead atoms. The predicted molar refractivity (Wildman–Crippen MR) is 67.8 cm³/mol. The molecule has 0 fully saturated rings. The lowest BCUT2D eigenvalue weighted by Gasteiger charge is -1.94. The van der Waals surface area contributed by atoms with Crippen molar-refractivity contribution in [2.75, 3.05) is 0 Å². The number of aromatic nitrogens is 1. The van der Waals surface area contributed by atoms with Crippen LogP contribution in [0.15, 0.2) is 48.8 Å². The standard InChI is InChI=1S/C15H16N.BrH/c1-13-10-14(2)12-16(11-13)9-8-15-6-4-3-5-7-15;/h3-12H,1-2H3;1H/q+1;/p-1. The van der Waals surface area contributed by atoms with Crippen molar-refractivity contribution in [1.82, 2.24) is 0 Å². The maximum absolute atomic E-state index is 2.17. The molecule has 1 aromatic carbocycles. The van der Waals surface area contributed by atoms with Crippen molar-refractivity contribution < 1.29 is 21.5 Å². The Bertz CT molecular complexity index is 483. The van der Waals surface area contributed by atoms with E-state index in [2.05, 4.69) is 61.3 Å². The highest BCUT2D eigenvalue weighted by Gasteiger charge is 1.98. The molecule has 0 atom stereocenters. The summed E-state index contributed by atoms with van der Waals surface area (Å²) >= 11 is 0. The molecule has 0 radical (unpaired) electrons. The van der Waals surface area contributed by atoms with E-state index in [0.717, 1.165) is 0 Å². The summed E-state index contributed by atoms with van der Waals surface area (Å²) in [4.78, 5) is 0. The molecule has 0 spiro atoms. The van der Waals surface area contributed by atoms with Crippen LogP contribution in [-0.2, 0) is 0 Å². The Kier molecular flexibility index (Phi) is 5.11. The Morgan fingerprint density at radius 2 is 1.53 bits per heavy atom. The molecule has 2 rings (SSSR count). The van der Waals surface area contributed by atoms with E-state index >= 15 is 0 Å². The lowest BCUT2D eigenvalue weighted by Crippen LogP contribution is -3.00. The second-order valence-corrected chi connectivity index (χ2v) is 4.06. The van der Waals surface area contributed by atoms with Gasteiger partial charge in [0, 0.05) is 17.2 Å². The van der Waals surface area contributed by atoms with Crippen molar-refractivity contribution in [1.29, 1.82) is 0 Å². The van der Waals surface area contributed by atoms with Crippen LogP contribution in [0.1, 0.15) is 16.7 Å². The van der Waals surface area contributed by atoms with Crippen molar-refractivity contribution in [3.05, 3.63) is 65.5 Å². The van der Waals surface area contributed by atoms with Gasteiger partial charge in [-0.2, -0.15) is 4.57 Å². The normalized spacial score (nSPS) is 10.2. The fourth-order valence-electron chi connectivity index (χ4n) is 1.76. The highest BCUT2D eigenvalue weighted by molar-refractivity contribution is 5.56. The lowest BCUT2D eigenvalue weighted by atomic mass is 10.2. The molecule has 2 aromatic rings. The number of hydrogen-bond acceptors (Lipinski definition) is 0. The summed E-state index contributed by atoms with van der Waals surface area (Å²) in [5.41, 5.74) is 3.77. The van der Waals surface area contributed by atoms with E-state index in [1.807, 2.05) is 18.2 Å². The summed E-state index contributed by atoms with van der Waals surface area (Å²) in [7, 11) is 0. The summed E-state index contributed by atoms with van der Waals surface area (Å²) in [6.07, 6.45) is 8.42. The van der Waals surface area contributed by atoms with Crippen molar-refractivity contribution in [2.45, 2.75) is 13.8 Å². The molecule has 1 aromatic heterocycles. The van der Waals surface area contributed by atoms with Crippen LogP contribution in [0.3, 0.4) is 0 Å². The van der Waals surface area contributed by atoms with Gasteiger partial charge in [-0.15, -0.1) is 0 Å². The SMILES string of the molecule is Cc1cc(C)c[n+](C=Cc2ccccc2)c1.[Br-]. The van der Waals surface area contributed by atoms with Crippen molar-refractivity contribution in [2.24, 2.45) is 0 Å². The van der Waals surface area contributed by atoms with E-state index in [4.69, 9.17) is 0 Å². The maximum Gasteiger partial charge on any atom is 0.177 e.